The maximum Gasteiger partial charge on any atom is 0.264 e. The van der Waals surface area contributed by atoms with Gasteiger partial charge in [-0.2, -0.15) is 0 Å². The quantitative estimate of drug-likeness (QED) is 0.169. The van der Waals surface area contributed by atoms with Crippen LogP contribution in [0.4, 0.5) is 5.69 Å². The van der Waals surface area contributed by atoms with Crippen molar-refractivity contribution in [3.8, 4) is 5.75 Å². The van der Waals surface area contributed by atoms with E-state index in [-0.39, 0.29) is 29.8 Å². The molecule has 242 valence electrons. The van der Waals surface area contributed by atoms with Crippen LogP contribution in [-0.4, -0.2) is 50.9 Å². The van der Waals surface area contributed by atoms with Crippen molar-refractivity contribution in [2.75, 3.05) is 18.0 Å². The Morgan fingerprint density at radius 2 is 1.54 bits per heavy atom. The molecule has 4 aromatic carbocycles. The fraction of sp³-hybridized carbons (Fsp3) is 0.278. The summed E-state index contributed by atoms with van der Waals surface area (Å²) in [7, 11) is -2.65. The summed E-state index contributed by atoms with van der Waals surface area (Å²) in [4.78, 5) is 30.1. The largest absolute Gasteiger partial charge is 0.497 e. The standard InChI is InChI=1S/C36H40ClN3O5S/c1-5-27(3)38-36(42)34(23-28-13-8-6-9-14-28)39(24-29-15-12-16-31(22-29)45-4)35(41)25-40(33-20-19-30(37)21-26(33)2)46(43,44)32-17-10-7-11-18-32/h6-22,27,34H,5,23-25H2,1-4H3,(H,38,42)/t27-,34+/m1/s1. The number of nitrogens with zero attached hydrogens (tertiary/aromatic N) is 2. The second kappa shape index (κ2) is 15.8. The lowest BCUT2D eigenvalue weighted by Gasteiger charge is -2.34. The topological polar surface area (TPSA) is 96.0 Å². The summed E-state index contributed by atoms with van der Waals surface area (Å²) in [5, 5.41) is 3.48. The molecule has 0 aliphatic carbocycles. The third-order valence-corrected chi connectivity index (χ3v) is 9.81. The van der Waals surface area contributed by atoms with Gasteiger partial charge in [0.15, 0.2) is 0 Å². The number of anilines is 1. The number of rotatable bonds is 14. The van der Waals surface area contributed by atoms with Crippen molar-refractivity contribution >= 4 is 39.1 Å². The van der Waals surface area contributed by atoms with Gasteiger partial charge in [-0.15, -0.1) is 0 Å². The third kappa shape index (κ3) is 8.68. The van der Waals surface area contributed by atoms with Crippen LogP contribution in [0.15, 0.2) is 108 Å². The Kier molecular flexibility index (Phi) is 11.8. The molecule has 0 radical (unpaired) electrons. The Morgan fingerprint density at radius 1 is 0.891 bits per heavy atom. The summed E-state index contributed by atoms with van der Waals surface area (Å²) in [5.74, 6) is -0.273. The number of carbonyl (C=O) groups is 2. The van der Waals surface area contributed by atoms with E-state index in [4.69, 9.17) is 16.3 Å². The van der Waals surface area contributed by atoms with Crippen LogP contribution in [0.2, 0.25) is 5.02 Å². The van der Waals surface area contributed by atoms with E-state index in [0.717, 1.165) is 15.4 Å². The molecule has 2 atom stereocenters. The number of methoxy groups -OCH3 is 1. The normalized spacial score (nSPS) is 12.5. The maximum atomic E-state index is 14.6. The summed E-state index contributed by atoms with van der Waals surface area (Å²) >= 11 is 6.23. The first kappa shape index (κ1) is 34.5. The number of nitrogens with one attached hydrogen (secondary N) is 1. The Labute approximate surface area is 277 Å². The first-order valence-corrected chi connectivity index (χ1v) is 17.0. The molecular weight excluding hydrogens is 622 g/mol. The van der Waals surface area contributed by atoms with E-state index in [2.05, 4.69) is 5.32 Å². The Hall–Kier alpha value is -4.34. The number of aryl methyl sites for hydroxylation is 1. The predicted molar refractivity (Wildman–Crippen MR) is 183 cm³/mol. The molecule has 0 heterocycles. The molecule has 4 rings (SSSR count). The van der Waals surface area contributed by atoms with E-state index in [1.165, 1.54) is 17.0 Å². The van der Waals surface area contributed by atoms with Crippen molar-refractivity contribution in [2.24, 2.45) is 0 Å². The molecule has 0 saturated carbocycles. The van der Waals surface area contributed by atoms with Crippen molar-refractivity contribution in [3.05, 3.63) is 125 Å². The number of benzene rings is 4. The molecule has 0 fully saturated rings. The molecule has 10 heteroatoms. The second-order valence-electron chi connectivity index (χ2n) is 11.2. The summed E-state index contributed by atoms with van der Waals surface area (Å²) in [6.45, 7) is 5.11. The smallest absolute Gasteiger partial charge is 0.264 e. The Morgan fingerprint density at radius 3 is 2.17 bits per heavy atom. The Balaban J connectivity index is 1.83. The number of halogens is 1. The minimum atomic E-state index is -4.21. The van der Waals surface area contributed by atoms with E-state index in [1.54, 1.807) is 62.6 Å². The van der Waals surface area contributed by atoms with Gasteiger partial charge in [0.2, 0.25) is 11.8 Å². The zero-order chi connectivity index (χ0) is 33.3. The average molecular weight is 662 g/mol. The van der Waals surface area contributed by atoms with Crippen LogP contribution < -0.4 is 14.4 Å². The number of hydrogen-bond donors (Lipinski definition) is 1. The lowest BCUT2D eigenvalue weighted by molar-refractivity contribution is -0.140. The van der Waals surface area contributed by atoms with Crippen LogP contribution in [0.25, 0.3) is 0 Å². The summed E-state index contributed by atoms with van der Waals surface area (Å²) in [6, 6.07) is 28.4. The number of amides is 2. The van der Waals surface area contributed by atoms with Crippen LogP contribution in [0.3, 0.4) is 0 Å². The van der Waals surface area contributed by atoms with Gasteiger partial charge >= 0.3 is 0 Å². The molecule has 2 amide bonds. The van der Waals surface area contributed by atoms with Crippen LogP contribution in [0.1, 0.15) is 37.0 Å². The molecule has 0 spiro atoms. The SMILES string of the molecule is CC[C@@H](C)NC(=O)[C@H](Cc1ccccc1)N(Cc1cccc(OC)c1)C(=O)CN(c1ccc(Cl)cc1C)S(=O)(=O)c1ccccc1. The number of ether oxygens (including phenoxy) is 1. The van der Waals surface area contributed by atoms with E-state index >= 15 is 0 Å². The number of carbonyl (C=O) groups excluding carboxylic acids is 2. The van der Waals surface area contributed by atoms with Gasteiger partial charge < -0.3 is 15.0 Å². The molecule has 1 N–H and O–H groups in total. The molecule has 4 aromatic rings. The highest BCUT2D eigenvalue weighted by Crippen LogP contribution is 2.30. The molecule has 0 saturated heterocycles. The van der Waals surface area contributed by atoms with Crippen molar-refractivity contribution in [2.45, 2.75) is 57.1 Å². The Bertz CT molecular complexity index is 1740. The summed E-state index contributed by atoms with van der Waals surface area (Å²) < 4.78 is 34.9. The van der Waals surface area contributed by atoms with Crippen LogP contribution in [0, 0.1) is 6.92 Å². The van der Waals surface area contributed by atoms with Crippen molar-refractivity contribution in [1.82, 2.24) is 10.2 Å². The monoisotopic (exact) mass is 661 g/mol. The molecule has 0 unspecified atom stereocenters. The fourth-order valence-electron chi connectivity index (χ4n) is 5.09. The highest BCUT2D eigenvalue weighted by Gasteiger charge is 2.35. The van der Waals surface area contributed by atoms with Crippen LogP contribution in [0.5, 0.6) is 5.75 Å². The van der Waals surface area contributed by atoms with E-state index < -0.39 is 28.5 Å². The maximum absolute atomic E-state index is 14.6. The summed E-state index contributed by atoms with van der Waals surface area (Å²) in [5.41, 5.74) is 2.47. The zero-order valence-corrected chi connectivity index (χ0v) is 28.1. The van der Waals surface area contributed by atoms with E-state index in [9.17, 15) is 18.0 Å². The molecular formula is C36H40ClN3O5S. The highest BCUT2D eigenvalue weighted by atomic mass is 35.5. The second-order valence-corrected chi connectivity index (χ2v) is 13.5. The third-order valence-electron chi connectivity index (χ3n) is 7.80. The lowest BCUT2D eigenvalue weighted by Crippen LogP contribution is -2.54. The minimum Gasteiger partial charge on any atom is -0.497 e. The zero-order valence-electron chi connectivity index (χ0n) is 26.5. The fourth-order valence-corrected chi connectivity index (χ4v) is 6.82. The number of hydrogen-bond acceptors (Lipinski definition) is 5. The summed E-state index contributed by atoms with van der Waals surface area (Å²) in [6.07, 6.45) is 0.927. The molecule has 0 aliphatic rings. The number of sulfonamides is 1. The van der Waals surface area contributed by atoms with E-state index in [1.807, 2.05) is 56.3 Å². The average Bonchev–Trinajstić information content (AvgIpc) is 3.06. The van der Waals surface area contributed by atoms with Gasteiger partial charge in [-0.25, -0.2) is 8.42 Å². The highest BCUT2D eigenvalue weighted by molar-refractivity contribution is 7.92. The minimum absolute atomic E-state index is 0.0341. The van der Waals surface area contributed by atoms with Crippen LogP contribution >= 0.6 is 11.6 Å². The lowest BCUT2D eigenvalue weighted by atomic mass is 10.0. The van der Waals surface area contributed by atoms with Gasteiger partial charge in [0.1, 0.15) is 18.3 Å². The van der Waals surface area contributed by atoms with Crippen molar-refractivity contribution in [3.63, 3.8) is 0 Å². The van der Waals surface area contributed by atoms with Crippen LogP contribution in [-0.2, 0) is 32.6 Å². The van der Waals surface area contributed by atoms with Crippen molar-refractivity contribution < 1.29 is 22.7 Å². The first-order valence-electron chi connectivity index (χ1n) is 15.1. The molecule has 0 aromatic heterocycles. The van der Waals surface area contributed by atoms with Gasteiger partial charge in [0.05, 0.1) is 17.7 Å². The van der Waals surface area contributed by atoms with Gasteiger partial charge in [-0.3, -0.25) is 13.9 Å². The molecule has 0 aliphatic heterocycles. The van der Waals surface area contributed by atoms with Gasteiger partial charge in [-0.1, -0.05) is 79.2 Å². The van der Waals surface area contributed by atoms with Crippen molar-refractivity contribution in [1.29, 1.82) is 0 Å². The van der Waals surface area contributed by atoms with Gasteiger partial charge in [0, 0.05) is 24.0 Å². The first-order chi connectivity index (χ1) is 22.0. The van der Waals surface area contributed by atoms with E-state index in [0.29, 0.717) is 28.4 Å². The van der Waals surface area contributed by atoms with Gasteiger partial charge in [0.25, 0.3) is 10.0 Å². The predicted octanol–water partition coefficient (Wildman–Crippen LogP) is 6.41. The molecule has 46 heavy (non-hydrogen) atoms. The molecule has 8 nitrogen and oxygen atoms in total. The van der Waals surface area contributed by atoms with Gasteiger partial charge in [-0.05, 0) is 79.4 Å². The molecule has 0 bridgehead atoms.